The summed E-state index contributed by atoms with van der Waals surface area (Å²) in [6.45, 7) is 0. The van der Waals surface area contributed by atoms with E-state index >= 15 is 0 Å². The predicted octanol–water partition coefficient (Wildman–Crippen LogP) is 2.76. The molecule has 0 spiro atoms. The smallest absolute Gasteiger partial charge is 0.236 e. The summed E-state index contributed by atoms with van der Waals surface area (Å²) in [6.07, 6.45) is 1.63. The summed E-state index contributed by atoms with van der Waals surface area (Å²) in [6, 6.07) is 5.79. The summed E-state index contributed by atoms with van der Waals surface area (Å²) in [5.74, 6) is 0.380. The van der Waals surface area contributed by atoms with Crippen molar-refractivity contribution < 1.29 is 4.79 Å². The fourth-order valence-corrected chi connectivity index (χ4v) is 3.14. The van der Waals surface area contributed by atoms with E-state index < -0.39 is 0 Å². The average molecular weight is 377 g/mol. The van der Waals surface area contributed by atoms with Gasteiger partial charge in [0, 0.05) is 8.95 Å². The second-order valence-electron chi connectivity index (χ2n) is 3.19. The zero-order valence-electron chi connectivity index (χ0n) is 8.48. The van der Waals surface area contributed by atoms with Crippen LogP contribution in [0.3, 0.4) is 0 Å². The van der Waals surface area contributed by atoms with Crippen molar-refractivity contribution in [3.63, 3.8) is 0 Å². The van der Waals surface area contributed by atoms with Gasteiger partial charge in [-0.2, -0.15) is 5.10 Å². The standard InChI is InChI=1S/C10H7Br2N3OS/c11-7-1-6(2-8(12)3-7)4-13-15-10-14-9(16)5-17-10/h1-4H,5H2,(H,14,15,16). The molecule has 0 saturated carbocycles. The minimum atomic E-state index is -0.0332. The van der Waals surface area contributed by atoms with Crippen LogP contribution in [0.1, 0.15) is 5.56 Å². The third kappa shape index (κ3) is 3.93. The quantitative estimate of drug-likeness (QED) is 0.637. The summed E-state index contributed by atoms with van der Waals surface area (Å²) < 4.78 is 1.93. The molecule has 1 heterocycles. The van der Waals surface area contributed by atoms with E-state index in [1.54, 1.807) is 6.21 Å². The van der Waals surface area contributed by atoms with Gasteiger partial charge in [-0.25, -0.2) is 0 Å². The highest BCUT2D eigenvalue weighted by atomic mass is 79.9. The van der Waals surface area contributed by atoms with E-state index in [0.29, 0.717) is 10.9 Å². The Bertz CT molecular complexity index is 496. The minimum absolute atomic E-state index is 0.0332. The number of thioether (sulfide) groups is 1. The molecule has 0 aliphatic carbocycles. The van der Waals surface area contributed by atoms with Gasteiger partial charge in [-0.1, -0.05) is 43.6 Å². The Kier molecular flexibility index (Phi) is 4.36. The number of nitrogens with one attached hydrogen (secondary N) is 1. The number of amides is 1. The highest BCUT2D eigenvalue weighted by molar-refractivity contribution is 9.11. The molecule has 1 fully saturated rings. The first kappa shape index (κ1) is 12.8. The Morgan fingerprint density at radius 1 is 1.29 bits per heavy atom. The largest absolute Gasteiger partial charge is 0.303 e. The van der Waals surface area contributed by atoms with Gasteiger partial charge in [0.05, 0.1) is 12.0 Å². The highest BCUT2D eigenvalue weighted by Crippen LogP contribution is 2.19. The van der Waals surface area contributed by atoms with Crippen molar-refractivity contribution in [2.45, 2.75) is 0 Å². The molecule has 4 nitrogen and oxygen atoms in total. The number of nitrogens with zero attached hydrogens (tertiary/aromatic N) is 2. The topological polar surface area (TPSA) is 53.8 Å². The van der Waals surface area contributed by atoms with Crippen molar-refractivity contribution in [2.75, 3.05) is 5.75 Å². The lowest BCUT2D eigenvalue weighted by Gasteiger charge is -1.96. The van der Waals surface area contributed by atoms with Crippen molar-refractivity contribution in [1.82, 2.24) is 5.32 Å². The lowest BCUT2D eigenvalue weighted by atomic mass is 10.2. The zero-order valence-corrected chi connectivity index (χ0v) is 12.5. The van der Waals surface area contributed by atoms with E-state index in [9.17, 15) is 4.79 Å². The molecule has 1 aliphatic rings. The Labute approximate surface area is 119 Å². The van der Waals surface area contributed by atoms with Crippen molar-refractivity contribution in [1.29, 1.82) is 0 Å². The Morgan fingerprint density at radius 2 is 2.00 bits per heavy atom. The SMILES string of the molecule is O=C1CSC(=NN=Cc2cc(Br)cc(Br)c2)N1. The number of amidine groups is 1. The molecule has 0 aromatic heterocycles. The fourth-order valence-electron chi connectivity index (χ4n) is 1.18. The fraction of sp³-hybridized carbons (Fsp3) is 0.100. The van der Waals surface area contributed by atoms with Crippen LogP contribution in [0.25, 0.3) is 0 Å². The van der Waals surface area contributed by atoms with E-state index in [2.05, 4.69) is 47.4 Å². The third-order valence-electron chi connectivity index (χ3n) is 1.83. The van der Waals surface area contributed by atoms with Gasteiger partial charge in [-0.15, -0.1) is 5.10 Å². The van der Waals surface area contributed by atoms with Crippen molar-refractivity contribution >= 4 is 60.9 Å². The zero-order chi connectivity index (χ0) is 12.3. The van der Waals surface area contributed by atoms with Gasteiger partial charge in [0.25, 0.3) is 0 Å². The Hall–Kier alpha value is -0.660. The minimum Gasteiger partial charge on any atom is -0.303 e. The van der Waals surface area contributed by atoms with Crippen LogP contribution in [-0.2, 0) is 4.79 Å². The van der Waals surface area contributed by atoms with E-state index in [-0.39, 0.29) is 5.91 Å². The van der Waals surface area contributed by atoms with Gasteiger partial charge < -0.3 is 5.32 Å². The van der Waals surface area contributed by atoms with E-state index in [4.69, 9.17) is 0 Å². The number of carbonyl (C=O) groups excluding carboxylic acids is 1. The molecule has 0 bridgehead atoms. The number of benzene rings is 1. The van der Waals surface area contributed by atoms with Crippen LogP contribution in [0.2, 0.25) is 0 Å². The lowest BCUT2D eigenvalue weighted by molar-refractivity contribution is -0.116. The Balaban J connectivity index is 2.07. The second kappa shape index (κ2) is 5.79. The van der Waals surface area contributed by atoms with Crippen LogP contribution in [0, 0.1) is 0 Å². The van der Waals surface area contributed by atoms with Gasteiger partial charge in [-0.3, -0.25) is 4.79 Å². The number of hydrogen-bond acceptors (Lipinski definition) is 4. The summed E-state index contributed by atoms with van der Waals surface area (Å²) in [7, 11) is 0. The number of carbonyl (C=O) groups is 1. The maximum absolute atomic E-state index is 10.9. The van der Waals surface area contributed by atoms with Crippen LogP contribution >= 0.6 is 43.6 Å². The monoisotopic (exact) mass is 375 g/mol. The lowest BCUT2D eigenvalue weighted by Crippen LogP contribution is -2.19. The van der Waals surface area contributed by atoms with E-state index in [0.717, 1.165) is 14.5 Å². The molecule has 17 heavy (non-hydrogen) atoms. The third-order valence-corrected chi connectivity index (χ3v) is 3.61. The van der Waals surface area contributed by atoms with Crippen LogP contribution < -0.4 is 5.32 Å². The molecule has 0 unspecified atom stereocenters. The maximum atomic E-state index is 10.9. The number of hydrogen-bond donors (Lipinski definition) is 1. The molecule has 7 heteroatoms. The number of halogens is 2. The average Bonchev–Trinajstić information content (AvgIpc) is 2.63. The molecule has 0 atom stereocenters. The van der Waals surface area contributed by atoms with Gasteiger partial charge in [-0.05, 0) is 23.8 Å². The molecule has 1 N–H and O–H groups in total. The first-order valence-corrected chi connectivity index (χ1v) is 7.20. The number of rotatable bonds is 2. The van der Waals surface area contributed by atoms with Gasteiger partial charge in [0.1, 0.15) is 0 Å². The highest BCUT2D eigenvalue weighted by Gasteiger charge is 2.15. The van der Waals surface area contributed by atoms with Crippen molar-refractivity contribution in [3.8, 4) is 0 Å². The molecule has 1 aliphatic heterocycles. The Morgan fingerprint density at radius 3 is 2.59 bits per heavy atom. The molecule has 1 amide bonds. The van der Waals surface area contributed by atoms with E-state index in [1.807, 2.05) is 18.2 Å². The normalized spacial score (nSPS) is 18.0. The van der Waals surface area contributed by atoms with E-state index in [1.165, 1.54) is 11.8 Å². The van der Waals surface area contributed by atoms with Gasteiger partial charge in [0.15, 0.2) is 5.17 Å². The summed E-state index contributed by atoms with van der Waals surface area (Å²) in [5, 5.41) is 11.0. The van der Waals surface area contributed by atoms with Crippen LogP contribution in [-0.4, -0.2) is 23.0 Å². The first-order chi connectivity index (χ1) is 8.13. The predicted molar refractivity (Wildman–Crippen MR) is 77.5 cm³/mol. The van der Waals surface area contributed by atoms with Crippen LogP contribution in [0.15, 0.2) is 37.3 Å². The van der Waals surface area contributed by atoms with Crippen LogP contribution in [0.5, 0.6) is 0 Å². The first-order valence-electron chi connectivity index (χ1n) is 4.63. The van der Waals surface area contributed by atoms with Gasteiger partial charge in [0.2, 0.25) is 5.91 Å². The molecular formula is C10H7Br2N3OS. The van der Waals surface area contributed by atoms with Crippen LogP contribution in [0.4, 0.5) is 0 Å². The van der Waals surface area contributed by atoms with Crippen molar-refractivity contribution in [2.24, 2.45) is 10.2 Å². The summed E-state index contributed by atoms with van der Waals surface area (Å²) in [5.41, 5.74) is 0.921. The molecular weight excluding hydrogens is 370 g/mol. The summed E-state index contributed by atoms with van der Waals surface area (Å²) in [4.78, 5) is 10.9. The second-order valence-corrected chi connectivity index (χ2v) is 5.98. The van der Waals surface area contributed by atoms with Gasteiger partial charge >= 0.3 is 0 Å². The maximum Gasteiger partial charge on any atom is 0.236 e. The molecule has 2 rings (SSSR count). The molecule has 1 aromatic carbocycles. The molecule has 88 valence electrons. The molecule has 1 aromatic rings. The van der Waals surface area contributed by atoms with Crippen molar-refractivity contribution in [3.05, 3.63) is 32.7 Å². The molecule has 1 saturated heterocycles. The summed E-state index contributed by atoms with van der Waals surface area (Å²) >= 11 is 8.13. The molecule has 0 radical (unpaired) electrons.